The van der Waals surface area contributed by atoms with Gasteiger partial charge in [0, 0.05) is 38.4 Å². The van der Waals surface area contributed by atoms with Gasteiger partial charge in [-0.1, -0.05) is 176 Å². The third kappa shape index (κ3) is 5.44. The van der Waals surface area contributed by atoms with E-state index in [9.17, 15) is 0 Å². The average molecular weight is 766 g/mol. The Hall–Kier alpha value is -8.15. The van der Waals surface area contributed by atoms with Crippen molar-refractivity contribution >= 4 is 54.4 Å². The molecule has 0 N–H and O–H groups in total. The first-order valence-electron chi connectivity index (χ1n) is 20.3. The van der Waals surface area contributed by atoms with Crippen molar-refractivity contribution in [3.8, 4) is 56.7 Å². The zero-order chi connectivity index (χ0) is 39.6. The Kier molecular flexibility index (Phi) is 7.78. The molecule has 0 radical (unpaired) electrons. The van der Waals surface area contributed by atoms with Gasteiger partial charge in [0.25, 0.3) is 0 Å². The zero-order valence-electron chi connectivity index (χ0n) is 32.4. The topological polar surface area (TPSA) is 48.5 Å². The molecule has 0 bridgehead atoms. The SMILES string of the molecule is c1ccc(-c2ccc(-c3nc(-c4ccccc4)nc(-n4c5ccccc5c5c6c7c8ccccc8ccc7n(-c7ccc(-c8ccccc8)cc7)c6ccc54)n3)cc2)cc1. The van der Waals surface area contributed by atoms with Crippen LogP contribution in [0.2, 0.25) is 0 Å². The highest BCUT2D eigenvalue weighted by atomic mass is 15.2. The molecule has 0 fully saturated rings. The number of para-hydroxylation sites is 1. The standard InChI is InChI=1S/C55H35N5/c1-4-14-36(15-5-1)38-24-26-42(27-25-38)54-56-53(41-19-8-3-9-20-41)57-55(58-54)60-46-23-13-12-22-45(46)51-48(60)34-35-49-52(51)50-44-21-11-10-18-40(44)30-33-47(50)59(49)43-31-28-39(29-32-43)37-16-6-2-7-17-37/h1-35H. The molecule has 12 aromatic rings. The van der Waals surface area contributed by atoms with Crippen LogP contribution >= 0.6 is 0 Å². The molecule has 280 valence electrons. The number of hydrogen-bond acceptors (Lipinski definition) is 3. The fraction of sp³-hybridized carbons (Fsp3) is 0. The Morgan fingerprint density at radius 3 is 1.35 bits per heavy atom. The molecule has 3 heterocycles. The molecule has 0 unspecified atom stereocenters. The maximum Gasteiger partial charge on any atom is 0.238 e. The Labute approximate surface area is 346 Å². The summed E-state index contributed by atoms with van der Waals surface area (Å²) < 4.78 is 4.65. The Morgan fingerprint density at radius 2 is 0.700 bits per heavy atom. The number of nitrogens with zero attached hydrogens (tertiary/aromatic N) is 5. The van der Waals surface area contributed by atoms with Crippen LogP contribution in [0.25, 0.3) is 111 Å². The number of aromatic nitrogens is 5. The van der Waals surface area contributed by atoms with E-state index in [-0.39, 0.29) is 0 Å². The molecule has 0 spiro atoms. The zero-order valence-corrected chi connectivity index (χ0v) is 32.4. The summed E-state index contributed by atoms with van der Waals surface area (Å²) in [6, 6.07) is 75.1. The normalized spacial score (nSPS) is 11.7. The Balaban J connectivity index is 1.13. The van der Waals surface area contributed by atoms with Gasteiger partial charge in [0.1, 0.15) is 0 Å². The molecule has 5 nitrogen and oxygen atoms in total. The van der Waals surface area contributed by atoms with Gasteiger partial charge in [-0.25, -0.2) is 4.98 Å². The summed E-state index contributed by atoms with van der Waals surface area (Å²) in [6.45, 7) is 0. The Bertz CT molecular complexity index is 3550. The molecule has 5 heteroatoms. The molecule has 12 rings (SSSR count). The molecule has 9 aromatic carbocycles. The van der Waals surface area contributed by atoms with E-state index in [1.807, 2.05) is 24.3 Å². The largest absolute Gasteiger partial charge is 0.309 e. The van der Waals surface area contributed by atoms with Crippen molar-refractivity contribution in [2.75, 3.05) is 0 Å². The van der Waals surface area contributed by atoms with Crippen molar-refractivity contribution in [1.82, 2.24) is 24.1 Å². The van der Waals surface area contributed by atoms with Gasteiger partial charge in [0.15, 0.2) is 11.6 Å². The van der Waals surface area contributed by atoms with Crippen LogP contribution in [0.1, 0.15) is 0 Å². The predicted octanol–water partition coefficient (Wildman–Crippen LogP) is 13.9. The summed E-state index contributed by atoms with van der Waals surface area (Å²) in [6.07, 6.45) is 0. The van der Waals surface area contributed by atoms with Gasteiger partial charge in [-0.3, -0.25) is 4.57 Å². The maximum absolute atomic E-state index is 5.29. The third-order valence-electron chi connectivity index (χ3n) is 11.8. The van der Waals surface area contributed by atoms with Gasteiger partial charge in [0.05, 0.1) is 22.1 Å². The lowest BCUT2D eigenvalue weighted by Crippen LogP contribution is -2.06. The molecular formula is C55H35N5. The predicted molar refractivity (Wildman–Crippen MR) is 248 cm³/mol. The quantitative estimate of drug-likeness (QED) is 0.169. The minimum atomic E-state index is 0.571. The van der Waals surface area contributed by atoms with Crippen LogP contribution < -0.4 is 0 Å². The second kappa shape index (κ2) is 13.8. The lowest BCUT2D eigenvalue weighted by atomic mass is 10.0. The van der Waals surface area contributed by atoms with Crippen LogP contribution in [0, 0.1) is 0 Å². The van der Waals surface area contributed by atoms with E-state index in [0.29, 0.717) is 17.6 Å². The van der Waals surface area contributed by atoms with Gasteiger partial charge >= 0.3 is 0 Å². The number of benzene rings is 9. The number of rotatable bonds is 6. The van der Waals surface area contributed by atoms with Crippen LogP contribution in [0.15, 0.2) is 212 Å². The molecule has 0 aliphatic rings. The summed E-state index contributed by atoms with van der Waals surface area (Å²) in [7, 11) is 0. The first-order valence-corrected chi connectivity index (χ1v) is 20.3. The number of fused-ring (bicyclic) bond motifs is 9. The minimum absolute atomic E-state index is 0.571. The highest BCUT2D eigenvalue weighted by molar-refractivity contribution is 6.33. The van der Waals surface area contributed by atoms with Crippen LogP contribution in [0.3, 0.4) is 0 Å². The van der Waals surface area contributed by atoms with Crippen molar-refractivity contribution in [3.63, 3.8) is 0 Å². The number of hydrogen-bond donors (Lipinski definition) is 0. The van der Waals surface area contributed by atoms with E-state index >= 15 is 0 Å². The molecule has 0 atom stereocenters. The van der Waals surface area contributed by atoms with Crippen molar-refractivity contribution in [2.45, 2.75) is 0 Å². The third-order valence-corrected chi connectivity index (χ3v) is 11.8. The van der Waals surface area contributed by atoms with Crippen molar-refractivity contribution in [2.24, 2.45) is 0 Å². The first kappa shape index (κ1) is 33.9. The lowest BCUT2D eigenvalue weighted by Gasteiger charge is -2.12. The van der Waals surface area contributed by atoms with E-state index in [1.165, 1.54) is 43.6 Å². The van der Waals surface area contributed by atoms with Gasteiger partial charge in [-0.15, -0.1) is 0 Å². The first-order chi connectivity index (χ1) is 29.8. The second-order valence-corrected chi connectivity index (χ2v) is 15.2. The van der Waals surface area contributed by atoms with Gasteiger partial charge in [-0.05, 0) is 69.4 Å². The van der Waals surface area contributed by atoms with E-state index in [2.05, 4.69) is 197 Å². The maximum atomic E-state index is 5.29. The molecule has 0 aliphatic carbocycles. The lowest BCUT2D eigenvalue weighted by molar-refractivity contribution is 0.953. The monoisotopic (exact) mass is 765 g/mol. The smallest absolute Gasteiger partial charge is 0.238 e. The van der Waals surface area contributed by atoms with Crippen molar-refractivity contribution < 1.29 is 0 Å². The van der Waals surface area contributed by atoms with E-state index in [1.54, 1.807) is 0 Å². The van der Waals surface area contributed by atoms with E-state index < -0.39 is 0 Å². The van der Waals surface area contributed by atoms with E-state index in [4.69, 9.17) is 15.0 Å². The summed E-state index contributed by atoms with van der Waals surface area (Å²) in [5.41, 5.74) is 12.0. The van der Waals surface area contributed by atoms with Gasteiger partial charge in [0.2, 0.25) is 5.95 Å². The van der Waals surface area contributed by atoms with Crippen LogP contribution in [0.5, 0.6) is 0 Å². The molecule has 0 saturated heterocycles. The molecule has 0 amide bonds. The highest BCUT2D eigenvalue weighted by Crippen LogP contribution is 2.44. The molecule has 0 saturated carbocycles. The highest BCUT2D eigenvalue weighted by Gasteiger charge is 2.23. The molecular weight excluding hydrogens is 731 g/mol. The summed E-state index contributed by atoms with van der Waals surface area (Å²) in [4.78, 5) is 15.6. The van der Waals surface area contributed by atoms with Crippen LogP contribution in [0.4, 0.5) is 0 Å². The summed E-state index contributed by atoms with van der Waals surface area (Å²) in [5.74, 6) is 1.81. The van der Waals surface area contributed by atoms with Crippen LogP contribution in [-0.4, -0.2) is 24.1 Å². The van der Waals surface area contributed by atoms with E-state index in [0.717, 1.165) is 49.8 Å². The fourth-order valence-electron chi connectivity index (χ4n) is 9.01. The minimum Gasteiger partial charge on any atom is -0.309 e. The molecule has 3 aromatic heterocycles. The fourth-order valence-corrected chi connectivity index (χ4v) is 9.01. The van der Waals surface area contributed by atoms with Crippen molar-refractivity contribution in [1.29, 1.82) is 0 Å². The Morgan fingerprint density at radius 1 is 0.267 bits per heavy atom. The van der Waals surface area contributed by atoms with Crippen LogP contribution in [-0.2, 0) is 0 Å². The summed E-state index contributed by atoms with van der Waals surface area (Å²) >= 11 is 0. The molecule has 60 heavy (non-hydrogen) atoms. The molecule has 0 aliphatic heterocycles. The second-order valence-electron chi connectivity index (χ2n) is 15.2. The summed E-state index contributed by atoms with van der Waals surface area (Å²) in [5, 5.41) is 7.16. The van der Waals surface area contributed by atoms with Crippen molar-refractivity contribution in [3.05, 3.63) is 212 Å². The van der Waals surface area contributed by atoms with Gasteiger partial charge in [-0.2, -0.15) is 9.97 Å². The average Bonchev–Trinajstić information content (AvgIpc) is 3.86. The van der Waals surface area contributed by atoms with Gasteiger partial charge < -0.3 is 4.57 Å².